The van der Waals surface area contributed by atoms with Gasteiger partial charge < -0.3 is 4.57 Å². The van der Waals surface area contributed by atoms with Crippen LogP contribution in [-0.2, 0) is 7.05 Å². The molecular formula is C16H12N4O3S. The number of benzene rings is 2. The number of nitro groups is 1. The van der Waals surface area contributed by atoms with Gasteiger partial charge in [0, 0.05) is 35.2 Å². The molecule has 7 nitrogen and oxygen atoms in total. The molecule has 2 aromatic carbocycles. The highest BCUT2D eigenvalue weighted by Crippen LogP contribution is 2.32. The number of carbonyl (C=O) groups excluding carboxylic acids is 1. The Morgan fingerprint density at radius 1 is 1.17 bits per heavy atom. The minimum Gasteiger partial charge on any atom is -0.305 e. The minimum absolute atomic E-state index is 0.121. The van der Waals surface area contributed by atoms with Crippen molar-refractivity contribution in [1.29, 1.82) is 0 Å². The molecule has 0 N–H and O–H groups in total. The van der Waals surface area contributed by atoms with Gasteiger partial charge >= 0.3 is 0 Å². The van der Waals surface area contributed by atoms with Gasteiger partial charge in [0.1, 0.15) is 0 Å². The molecule has 8 heteroatoms. The van der Waals surface area contributed by atoms with E-state index in [-0.39, 0.29) is 11.3 Å². The predicted molar refractivity (Wildman–Crippen MR) is 89.0 cm³/mol. The Morgan fingerprint density at radius 2 is 1.92 bits per heavy atom. The Hall–Kier alpha value is -3.00. The number of hydrogen-bond acceptors (Lipinski definition) is 6. The van der Waals surface area contributed by atoms with Crippen LogP contribution in [0.3, 0.4) is 0 Å². The Kier molecular flexibility index (Phi) is 4.39. The summed E-state index contributed by atoms with van der Waals surface area (Å²) in [7, 11) is 1.83. The zero-order chi connectivity index (χ0) is 17.1. The van der Waals surface area contributed by atoms with Crippen LogP contribution in [0.2, 0.25) is 0 Å². The van der Waals surface area contributed by atoms with Gasteiger partial charge in [-0.15, -0.1) is 10.2 Å². The summed E-state index contributed by atoms with van der Waals surface area (Å²) in [6, 6.07) is 13.8. The second kappa shape index (κ2) is 6.63. The molecule has 0 aliphatic rings. The average molecular weight is 340 g/mol. The van der Waals surface area contributed by atoms with Gasteiger partial charge in [-0.2, -0.15) is 0 Å². The number of rotatable bonds is 5. The molecule has 0 saturated carbocycles. The highest BCUT2D eigenvalue weighted by molar-refractivity contribution is 7.99. The maximum Gasteiger partial charge on any atom is 0.270 e. The summed E-state index contributed by atoms with van der Waals surface area (Å²) in [5.41, 5.74) is 1.06. The van der Waals surface area contributed by atoms with Crippen molar-refractivity contribution in [3.63, 3.8) is 0 Å². The zero-order valence-corrected chi connectivity index (χ0v) is 13.4. The molecular weight excluding hydrogens is 328 g/mol. The van der Waals surface area contributed by atoms with Crippen LogP contribution in [0.15, 0.2) is 58.6 Å². The van der Waals surface area contributed by atoms with Gasteiger partial charge in [0.25, 0.3) is 5.69 Å². The summed E-state index contributed by atoms with van der Waals surface area (Å²) in [5.74, 6) is 0.702. The first-order valence-corrected chi connectivity index (χ1v) is 7.78. The van der Waals surface area contributed by atoms with E-state index in [0.29, 0.717) is 22.2 Å². The number of carbonyl (C=O) groups is 1. The van der Waals surface area contributed by atoms with E-state index in [1.165, 1.54) is 23.9 Å². The van der Waals surface area contributed by atoms with Gasteiger partial charge in [-0.1, -0.05) is 30.3 Å². The molecule has 0 aliphatic heterocycles. The molecule has 24 heavy (non-hydrogen) atoms. The third-order valence-corrected chi connectivity index (χ3v) is 4.53. The van der Waals surface area contributed by atoms with E-state index in [1.807, 2.05) is 41.9 Å². The van der Waals surface area contributed by atoms with Crippen molar-refractivity contribution >= 4 is 23.7 Å². The second-order valence-electron chi connectivity index (χ2n) is 4.93. The van der Waals surface area contributed by atoms with Crippen LogP contribution in [0, 0.1) is 10.1 Å². The van der Waals surface area contributed by atoms with Crippen LogP contribution in [0.25, 0.3) is 11.4 Å². The molecule has 0 bridgehead atoms. The van der Waals surface area contributed by atoms with E-state index < -0.39 is 4.92 Å². The summed E-state index contributed by atoms with van der Waals surface area (Å²) >= 11 is 1.24. The fraction of sp³-hybridized carbons (Fsp3) is 0.0625. The topological polar surface area (TPSA) is 90.9 Å². The highest BCUT2D eigenvalue weighted by atomic mass is 32.2. The number of nitro benzene ring substituents is 1. The Morgan fingerprint density at radius 3 is 2.58 bits per heavy atom. The van der Waals surface area contributed by atoms with E-state index in [4.69, 9.17) is 0 Å². The third kappa shape index (κ3) is 3.04. The SMILES string of the molecule is Cn1c(Sc2ccc([N+](=O)[O-])cc2C=O)nnc1-c1ccccc1. The molecule has 3 aromatic rings. The van der Waals surface area contributed by atoms with Crippen molar-refractivity contribution in [3.05, 3.63) is 64.2 Å². The summed E-state index contributed by atoms with van der Waals surface area (Å²) in [4.78, 5) is 22.1. The Bertz CT molecular complexity index is 909. The first-order chi connectivity index (χ1) is 11.6. The number of aromatic nitrogens is 3. The number of hydrogen-bond donors (Lipinski definition) is 0. The average Bonchev–Trinajstić information content (AvgIpc) is 2.96. The summed E-state index contributed by atoms with van der Waals surface area (Å²) in [6.45, 7) is 0. The standard InChI is InChI=1S/C16H12N4O3S/c1-19-15(11-5-3-2-4-6-11)17-18-16(19)24-14-8-7-13(20(22)23)9-12(14)10-21/h2-10H,1H3. The highest BCUT2D eigenvalue weighted by Gasteiger charge is 2.16. The van der Waals surface area contributed by atoms with E-state index in [1.54, 1.807) is 6.07 Å². The normalized spacial score (nSPS) is 10.5. The fourth-order valence-corrected chi connectivity index (χ4v) is 3.04. The molecule has 120 valence electrons. The molecule has 0 radical (unpaired) electrons. The van der Waals surface area contributed by atoms with Gasteiger partial charge in [-0.05, 0) is 17.8 Å². The van der Waals surface area contributed by atoms with Gasteiger partial charge in [-0.3, -0.25) is 14.9 Å². The first-order valence-electron chi connectivity index (χ1n) is 6.96. The van der Waals surface area contributed by atoms with Crippen molar-refractivity contribution in [2.75, 3.05) is 0 Å². The van der Waals surface area contributed by atoms with E-state index in [9.17, 15) is 14.9 Å². The molecule has 1 heterocycles. The Balaban J connectivity index is 1.94. The molecule has 0 fully saturated rings. The van der Waals surface area contributed by atoms with E-state index in [2.05, 4.69) is 10.2 Å². The summed E-state index contributed by atoms with van der Waals surface area (Å²) < 4.78 is 1.82. The van der Waals surface area contributed by atoms with Gasteiger partial charge in [0.05, 0.1) is 4.92 Å². The largest absolute Gasteiger partial charge is 0.305 e. The van der Waals surface area contributed by atoms with Crippen LogP contribution < -0.4 is 0 Å². The number of nitrogens with zero attached hydrogens (tertiary/aromatic N) is 4. The lowest BCUT2D eigenvalue weighted by molar-refractivity contribution is -0.384. The minimum atomic E-state index is -0.530. The maximum atomic E-state index is 11.2. The third-order valence-electron chi connectivity index (χ3n) is 3.40. The fourth-order valence-electron chi connectivity index (χ4n) is 2.18. The lowest BCUT2D eigenvalue weighted by Gasteiger charge is -2.05. The smallest absolute Gasteiger partial charge is 0.270 e. The van der Waals surface area contributed by atoms with Crippen molar-refractivity contribution in [2.24, 2.45) is 7.05 Å². The lowest BCUT2D eigenvalue weighted by Crippen LogP contribution is -1.96. The monoisotopic (exact) mass is 340 g/mol. The van der Waals surface area contributed by atoms with Crippen LogP contribution in [0.1, 0.15) is 10.4 Å². The van der Waals surface area contributed by atoms with Crippen LogP contribution >= 0.6 is 11.8 Å². The molecule has 1 aromatic heterocycles. The molecule has 0 aliphatic carbocycles. The van der Waals surface area contributed by atoms with Crippen molar-refractivity contribution in [2.45, 2.75) is 10.1 Å². The molecule has 3 rings (SSSR count). The quantitative estimate of drug-likeness (QED) is 0.402. The zero-order valence-electron chi connectivity index (χ0n) is 12.6. The number of aldehydes is 1. The van der Waals surface area contributed by atoms with Gasteiger partial charge in [-0.25, -0.2) is 0 Å². The first kappa shape index (κ1) is 15.9. The van der Waals surface area contributed by atoms with Crippen LogP contribution in [0.5, 0.6) is 0 Å². The number of non-ortho nitro benzene ring substituents is 1. The molecule has 0 amide bonds. The van der Waals surface area contributed by atoms with Crippen LogP contribution in [0.4, 0.5) is 5.69 Å². The Labute approximate surface area is 141 Å². The molecule has 0 atom stereocenters. The molecule has 0 unspecified atom stereocenters. The lowest BCUT2D eigenvalue weighted by atomic mass is 10.2. The van der Waals surface area contributed by atoms with Crippen molar-refractivity contribution in [1.82, 2.24) is 14.8 Å². The molecule has 0 spiro atoms. The van der Waals surface area contributed by atoms with Crippen LogP contribution in [-0.4, -0.2) is 26.0 Å². The van der Waals surface area contributed by atoms with Crippen molar-refractivity contribution < 1.29 is 9.72 Å². The second-order valence-corrected chi connectivity index (χ2v) is 5.94. The van der Waals surface area contributed by atoms with E-state index >= 15 is 0 Å². The van der Waals surface area contributed by atoms with Gasteiger partial charge in [0.2, 0.25) is 0 Å². The summed E-state index contributed by atoms with van der Waals surface area (Å²) in [5, 5.41) is 19.7. The summed E-state index contributed by atoms with van der Waals surface area (Å²) in [6.07, 6.45) is 0.601. The molecule has 0 saturated heterocycles. The predicted octanol–water partition coefficient (Wildman–Crippen LogP) is 3.35. The van der Waals surface area contributed by atoms with E-state index in [0.717, 1.165) is 5.56 Å². The maximum absolute atomic E-state index is 11.2. The van der Waals surface area contributed by atoms with Gasteiger partial charge in [0.15, 0.2) is 17.3 Å². The van der Waals surface area contributed by atoms with Crippen molar-refractivity contribution in [3.8, 4) is 11.4 Å².